The molecule has 4 heteroatoms. The summed E-state index contributed by atoms with van der Waals surface area (Å²) in [4.78, 5) is 4.92. The zero-order chi connectivity index (χ0) is 13.2. The Hall–Kier alpha value is -1.13. The molecule has 0 spiro atoms. The van der Waals surface area contributed by atoms with Crippen molar-refractivity contribution < 1.29 is 4.39 Å². The number of nitrogens with two attached hydrogens (primary N) is 1. The van der Waals surface area contributed by atoms with E-state index in [1.54, 1.807) is 6.07 Å². The van der Waals surface area contributed by atoms with Crippen LogP contribution in [0.2, 0.25) is 0 Å². The lowest BCUT2D eigenvalue weighted by Crippen LogP contribution is -2.36. The Bertz CT molecular complexity index is 449. The maximum atomic E-state index is 13.6. The third-order valence-corrected chi connectivity index (χ3v) is 4.35. The molecule has 0 amide bonds. The topological polar surface area (TPSA) is 32.5 Å². The Morgan fingerprint density at radius 2 is 2.00 bits per heavy atom. The lowest BCUT2D eigenvalue weighted by Gasteiger charge is -2.27. The van der Waals surface area contributed by atoms with E-state index in [9.17, 15) is 4.39 Å². The predicted molar refractivity (Wildman–Crippen MR) is 75.7 cm³/mol. The van der Waals surface area contributed by atoms with Crippen LogP contribution in [0.4, 0.5) is 10.1 Å². The average molecular weight is 263 g/mol. The van der Waals surface area contributed by atoms with Gasteiger partial charge in [-0.05, 0) is 49.6 Å². The minimum Gasteiger partial charge on any atom is -0.370 e. The third-order valence-electron chi connectivity index (χ3n) is 4.35. The van der Waals surface area contributed by atoms with E-state index in [4.69, 9.17) is 5.73 Å². The maximum absolute atomic E-state index is 13.6. The Morgan fingerprint density at radius 3 is 2.84 bits per heavy atom. The van der Waals surface area contributed by atoms with Crippen LogP contribution in [0.25, 0.3) is 0 Å². The van der Waals surface area contributed by atoms with Crippen molar-refractivity contribution in [1.29, 1.82) is 0 Å². The smallest absolute Gasteiger partial charge is 0.125 e. The normalized spacial score (nSPS) is 24.3. The molecule has 1 atom stereocenters. The van der Waals surface area contributed by atoms with Crippen LogP contribution in [0.5, 0.6) is 0 Å². The molecule has 0 saturated carbocycles. The molecule has 2 N–H and O–H groups in total. The van der Waals surface area contributed by atoms with Crippen molar-refractivity contribution in [3.05, 3.63) is 29.6 Å². The molecule has 2 saturated heterocycles. The SMILES string of the molecule is NCc1cc(F)cc(N2CCCN3CCCC3C2)c1. The Balaban J connectivity index is 1.82. The van der Waals surface area contributed by atoms with Crippen LogP contribution in [0.15, 0.2) is 18.2 Å². The van der Waals surface area contributed by atoms with E-state index in [1.165, 1.54) is 32.0 Å². The van der Waals surface area contributed by atoms with Gasteiger partial charge in [0, 0.05) is 37.9 Å². The van der Waals surface area contributed by atoms with E-state index in [0.717, 1.165) is 30.8 Å². The van der Waals surface area contributed by atoms with Gasteiger partial charge in [-0.25, -0.2) is 4.39 Å². The van der Waals surface area contributed by atoms with E-state index < -0.39 is 0 Å². The van der Waals surface area contributed by atoms with E-state index in [1.807, 2.05) is 6.07 Å². The molecule has 1 aromatic rings. The molecule has 0 aliphatic carbocycles. The standard InChI is InChI=1S/C15H22FN3/c16-13-7-12(10-17)8-15(9-13)19-6-2-5-18-4-1-3-14(18)11-19/h7-9,14H,1-6,10-11,17H2. The van der Waals surface area contributed by atoms with Gasteiger partial charge in [-0.15, -0.1) is 0 Å². The van der Waals surface area contributed by atoms with Crippen LogP contribution in [-0.4, -0.2) is 37.1 Å². The van der Waals surface area contributed by atoms with Crippen molar-refractivity contribution in [3.63, 3.8) is 0 Å². The van der Waals surface area contributed by atoms with Gasteiger partial charge >= 0.3 is 0 Å². The van der Waals surface area contributed by atoms with Gasteiger partial charge in [0.05, 0.1) is 0 Å². The molecule has 0 bridgehead atoms. The van der Waals surface area contributed by atoms with Crippen molar-refractivity contribution in [1.82, 2.24) is 4.90 Å². The van der Waals surface area contributed by atoms with Gasteiger partial charge in [0.15, 0.2) is 0 Å². The highest BCUT2D eigenvalue weighted by Gasteiger charge is 2.28. The highest BCUT2D eigenvalue weighted by atomic mass is 19.1. The Labute approximate surface area is 114 Å². The van der Waals surface area contributed by atoms with Crippen molar-refractivity contribution in [2.45, 2.75) is 31.8 Å². The van der Waals surface area contributed by atoms with Crippen molar-refractivity contribution >= 4 is 5.69 Å². The zero-order valence-electron chi connectivity index (χ0n) is 11.3. The van der Waals surface area contributed by atoms with Crippen LogP contribution >= 0.6 is 0 Å². The summed E-state index contributed by atoms with van der Waals surface area (Å²) >= 11 is 0. The molecule has 0 aromatic heterocycles. The van der Waals surface area contributed by atoms with Crippen LogP contribution in [0.1, 0.15) is 24.8 Å². The summed E-state index contributed by atoms with van der Waals surface area (Å²) in [5, 5.41) is 0. The molecular formula is C15H22FN3. The molecule has 3 rings (SSSR count). The molecule has 2 heterocycles. The summed E-state index contributed by atoms with van der Waals surface area (Å²) in [7, 11) is 0. The van der Waals surface area contributed by atoms with E-state index in [0.29, 0.717) is 12.6 Å². The fourth-order valence-corrected chi connectivity index (χ4v) is 3.37. The zero-order valence-corrected chi connectivity index (χ0v) is 11.3. The summed E-state index contributed by atoms with van der Waals surface area (Å²) < 4.78 is 13.6. The summed E-state index contributed by atoms with van der Waals surface area (Å²) in [6.45, 7) is 4.85. The van der Waals surface area contributed by atoms with Crippen molar-refractivity contribution in [2.75, 3.05) is 31.1 Å². The van der Waals surface area contributed by atoms with E-state index >= 15 is 0 Å². The molecule has 1 aromatic carbocycles. The van der Waals surface area contributed by atoms with Gasteiger partial charge in [0.25, 0.3) is 0 Å². The van der Waals surface area contributed by atoms with Crippen molar-refractivity contribution in [3.8, 4) is 0 Å². The fraction of sp³-hybridized carbons (Fsp3) is 0.600. The second kappa shape index (κ2) is 5.47. The lowest BCUT2D eigenvalue weighted by atomic mass is 10.1. The monoisotopic (exact) mass is 263 g/mol. The van der Waals surface area contributed by atoms with Gasteiger partial charge in [-0.1, -0.05) is 0 Å². The number of halogens is 1. The molecule has 104 valence electrons. The minimum absolute atomic E-state index is 0.175. The third kappa shape index (κ3) is 2.74. The molecule has 19 heavy (non-hydrogen) atoms. The maximum Gasteiger partial charge on any atom is 0.125 e. The highest BCUT2D eigenvalue weighted by molar-refractivity contribution is 5.49. The van der Waals surface area contributed by atoms with Crippen molar-refractivity contribution in [2.24, 2.45) is 5.73 Å². The highest BCUT2D eigenvalue weighted by Crippen LogP contribution is 2.26. The van der Waals surface area contributed by atoms with Gasteiger partial charge in [-0.2, -0.15) is 0 Å². The van der Waals surface area contributed by atoms with Gasteiger partial charge in [0.2, 0.25) is 0 Å². The lowest BCUT2D eigenvalue weighted by molar-refractivity contribution is 0.273. The molecule has 2 aliphatic rings. The van der Waals surface area contributed by atoms with Gasteiger partial charge in [0.1, 0.15) is 5.82 Å². The molecule has 2 aliphatic heterocycles. The Morgan fingerprint density at radius 1 is 1.16 bits per heavy atom. The van der Waals surface area contributed by atoms with Crippen LogP contribution < -0.4 is 10.6 Å². The van der Waals surface area contributed by atoms with Crippen LogP contribution in [0, 0.1) is 5.82 Å². The summed E-state index contributed by atoms with van der Waals surface area (Å²) in [5.74, 6) is -0.175. The first kappa shape index (κ1) is 12.9. The van der Waals surface area contributed by atoms with Crippen LogP contribution in [-0.2, 0) is 6.54 Å². The van der Waals surface area contributed by atoms with Crippen LogP contribution in [0.3, 0.4) is 0 Å². The number of hydrogen-bond acceptors (Lipinski definition) is 3. The molecule has 3 nitrogen and oxygen atoms in total. The van der Waals surface area contributed by atoms with Gasteiger partial charge < -0.3 is 10.6 Å². The first-order valence-corrected chi connectivity index (χ1v) is 7.25. The fourth-order valence-electron chi connectivity index (χ4n) is 3.37. The Kier molecular flexibility index (Phi) is 3.71. The number of hydrogen-bond donors (Lipinski definition) is 1. The minimum atomic E-state index is -0.175. The molecule has 1 unspecified atom stereocenters. The first-order valence-electron chi connectivity index (χ1n) is 7.25. The number of anilines is 1. The predicted octanol–water partition coefficient (Wildman–Crippen LogP) is 1.96. The first-order chi connectivity index (χ1) is 9.26. The molecular weight excluding hydrogens is 241 g/mol. The summed E-state index contributed by atoms with van der Waals surface area (Å²) in [5.41, 5.74) is 7.51. The average Bonchev–Trinajstić information content (AvgIpc) is 2.75. The largest absolute Gasteiger partial charge is 0.370 e. The number of rotatable bonds is 2. The molecule has 2 fully saturated rings. The summed E-state index contributed by atoms with van der Waals surface area (Å²) in [6, 6.07) is 5.85. The van der Waals surface area contributed by atoms with E-state index in [-0.39, 0.29) is 5.82 Å². The quantitative estimate of drug-likeness (QED) is 0.885. The van der Waals surface area contributed by atoms with E-state index in [2.05, 4.69) is 9.80 Å². The number of nitrogens with zero attached hydrogens (tertiary/aromatic N) is 2. The number of benzene rings is 1. The molecule has 0 radical (unpaired) electrons. The second-order valence-corrected chi connectivity index (χ2v) is 5.65. The summed E-state index contributed by atoms with van der Waals surface area (Å²) in [6.07, 6.45) is 3.73. The van der Waals surface area contributed by atoms with Gasteiger partial charge in [-0.3, -0.25) is 4.90 Å². The number of fused-ring (bicyclic) bond motifs is 1. The second-order valence-electron chi connectivity index (χ2n) is 5.65.